The largest absolute Gasteiger partial charge is 0.507 e. The van der Waals surface area contributed by atoms with Gasteiger partial charge in [0.05, 0.1) is 20.3 Å². The maximum atomic E-state index is 12.1. The lowest BCUT2D eigenvalue weighted by molar-refractivity contribution is -0.786. The van der Waals surface area contributed by atoms with Crippen molar-refractivity contribution in [1.29, 1.82) is 0 Å². The van der Waals surface area contributed by atoms with Crippen molar-refractivity contribution in [2.45, 2.75) is 6.92 Å². The van der Waals surface area contributed by atoms with Gasteiger partial charge in [0.2, 0.25) is 0 Å². The molecule has 0 bridgehead atoms. The quantitative estimate of drug-likeness (QED) is 0.587. The lowest BCUT2D eigenvalue weighted by atomic mass is 10.1. The highest BCUT2D eigenvalue weighted by atomic mass is 16.3. The van der Waals surface area contributed by atoms with Crippen LogP contribution in [-0.2, 0) is 0 Å². The van der Waals surface area contributed by atoms with Gasteiger partial charge in [0.15, 0.2) is 0 Å². The first-order valence-electron chi connectivity index (χ1n) is 7.01. The summed E-state index contributed by atoms with van der Waals surface area (Å²) in [5, 5.41) is 13.7. The molecule has 0 spiro atoms. The summed E-state index contributed by atoms with van der Waals surface area (Å²) in [5.74, 6) is -0.151. The van der Waals surface area contributed by atoms with Gasteiger partial charge in [-0.3, -0.25) is 4.79 Å². The van der Waals surface area contributed by atoms with Crippen molar-refractivity contribution in [3.8, 4) is 5.75 Å². The molecule has 0 unspecified atom stereocenters. The van der Waals surface area contributed by atoms with Crippen LogP contribution in [0.2, 0.25) is 0 Å². The van der Waals surface area contributed by atoms with E-state index in [1.165, 1.54) is 6.21 Å². The number of hydrogen-bond acceptors (Lipinski definition) is 3. The molecule has 0 aliphatic heterocycles. The molecule has 5 heteroatoms. The fourth-order valence-electron chi connectivity index (χ4n) is 1.96. The van der Waals surface area contributed by atoms with Crippen LogP contribution in [0.4, 0.5) is 5.69 Å². The Morgan fingerprint density at radius 2 is 2.00 bits per heavy atom. The van der Waals surface area contributed by atoms with E-state index in [9.17, 15) is 9.90 Å². The van der Waals surface area contributed by atoms with E-state index in [-0.39, 0.29) is 11.7 Å². The number of phenolic OH excluding ortho intramolecular Hbond substituents is 1. The van der Waals surface area contributed by atoms with Crippen LogP contribution in [0, 0.1) is 6.92 Å². The Kier molecular flexibility index (Phi) is 4.91. The molecule has 0 aliphatic rings. The molecule has 114 valence electrons. The van der Waals surface area contributed by atoms with Gasteiger partial charge in [-0.1, -0.05) is 12.1 Å². The molecule has 2 aromatic carbocycles. The van der Waals surface area contributed by atoms with Gasteiger partial charge in [-0.25, -0.2) is 5.43 Å². The van der Waals surface area contributed by atoms with E-state index in [2.05, 4.69) is 10.5 Å². The number of aromatic hydroxyl groups is 1. The summed E-state index contributed by atoms with van der Waals surface area (Å²) in [6.45, 7) is 1.89. The van der Waals surface area contributed by atoms with E-state index in [4.69, 9.17) is 0 Å². The minimum absolute atomic E-state index is 0.135. The average Bonchev–Trinajstić information content (AvgIpc) is 2.49. The molecule has 2 aromatic rings. The van der Waals surface area contributed by atoms with Crippen LogP contribution < -0.4 is 10.3 Å². The molecule has 2 rings (SSSR count). The Bertz CT molecular complexity index is 709. The van der Waals surface area contributed by atoms with Crippen molar-refractivity contribution in [2.24, 2.45) is 5.10 Å². The molecule has 1 amide bonds. The molecule has 0 fully saturated rings. The highest BCUT2D eigenvalue weighted by Crippen LogP contribution is 2.16. The summed E-state index contributed by atoms with van der Waals surface area (Å²) in [6, 6.07) is 12.6. The molecule has 0 atom stereocenters. The van der Waals surface area contributed by atoms with Gasteiger partial charge in [0.25, 0.3) is 5.91 Å². The maximum absolute atomic E-state index is 12.1. The third-order valence-corrected chi connectivity index (χ3v) is 3.26. The molecule has 3 N–H and O–H groups in total. The first-order valence-corrected chi connectivity index (χ1v) is 7.01. The van der Waals surface area contributed by atoms with E-state index in [0.29, 0.717) is 11.1 Å². The minimum Gasteiger partial charge on any atom is -0.507 e. The van der Waals surface area contributed by atoms with Crippen molar-refractivity contribution in [3.05, 3.63) is 59.2 Å². The van der Waals surface area contributed by atoms with Gasteiger partial charge >= 0.3 is 0 Å². The predicted octanol–water partition coefficient (Wildman–Crippen LogP) is 1.24. The van der Waals surface area contributed by atoms with Crippen LogP contribution in [-0.4, -0.2) is 31.3 Å². The number of carbonyl (C=O) groups is 1. The number of nitrogens with zero attached hydrogens (tertiary/aromatic N) is 1. The van der Waals surface area contributed by atoms with Crippen molar-refractivity contribution < 1.29 is 14.8 Å². The van der Waals surface area contributed by atoms with Gasteiger partial charge < -0.3 is 10.0 Å². The molecule has 0 saturated carbocycles. The zero-order valence-electron chi connectivity index (χ0n) is 12.9. The minimum atomic E-state index is -0.286. The summed E-state index contributed by atoms with van der Waals surface area (Å²) in [7, 11) is 3.99. The van der Waals surface area contributed by atoms with Crippen LogP contribution in [0.25, 0.3) is 0 Å². The summed E-state index contributed by atoms with van der Waals surface area (Å²) in [6.07, 6.45) is 1.42. The van der Waals surface area contributed by atoms with E-state index in [1.807, 2.05) is 45.3 Å². The van der Waals surface area contributed by atoms with E-state index in [1.54, 1.807) is 18.2 Å². The van der Waals surface area contributed by atoms with E-state index >= 15 is 0 Å². The lowest BCUT2D eigenvalue weighted by Gasteiger charge is -2.07. The molecule has 22 heavy (non-hydrogen) atoms. The van der Waals surface area contributed by atoms with Crippen molar-refractivity contribution in [2.75, 3.05) is 14.1 Å². The summed E-state index contributed by atoms with van der Waals surface area (Å²) < 4.78 is 0. The molecular formula is C17H20N3O2+. The number of benzene rings is 2. The molecule has 0 saturated heterocycles. The molecule has 0 aliphatic carbocycles. The smallest absolute Gasteiger partial charge is 0.271 e. The number of amides is 1. The Labute approximate surface area is 129 Å². The second-order valence-electron chi connectivity index (χ2n) is 5.34. The van der Waals surface area contributed by atoms with Crippen LogP contribution in [0.1, 0.15) is 21.5 Å². The number of rotatable bonds is 4. The molecule has 0 aromatic heterocycles. The second-order valence-corrected chi connectivity index (χ2v) is 5.34. The third kappa shape index (κ3) is 3.93. The fourth-order valence-corrected chi connectivity index (χ4v) is 1.96. The van der Waals surface area contributed by atoms with E-state index in [0.717, 1.165) is 16.2 Å². The third-order valence-electron chi connectivity index (χ3n) is 3.26. The van der Waals surface area contributed by atoms with Gasteiger partial charge in [0, 0.05) is 17.2 Å². The summed E-state index contributed by atoms with van der Waals surface area (Å²) in [4.78, 5) is 13.2. The van der Waals surface area contributed by atoms with Gasteiger partial charge in [0.1, 0.15) is 11.4 Å². The van der Waals surface area contributed by atoms with Crippen LogP contribution in [0.15, 0.2) is 47.6 Å². The first-order chi connectivity index (χ1) is 10.5. The van der Waals surface area contributed by atoms with Crippen LogP contribution in [0.3, 0.4) is 0 Å². The lowest BCUT2D eigenvalue weighted by Crippen LogP contribution is -3.00. The molecule has 0 heterocycles. The second kappa shape index (κ2) is 6.87. The van der Waals surface area contributed by atoms with Crippen molar-refractivity contribution in [1.82, 2.24) is 5.43 Å². The zero-order valence-corrected chi connectivity index (χ0v) is 12.9. The van der Waals surface area contributed by atoms with Crippen molar-refractivity contribution in [3.63, 3.8) is 0 Å². The molecular weight excluding hydrogens is 278 g/mol. The van der Waals surface area contributed by atoms with Gasteiger partial charge in [-0.15, -0.1) is 0 Å². The Morgan fingerprint density at radius 3 is 2.68 bits per heavy atom. The molecule has 5 nitrogen and oxygen atoms in total. The number of aryl methyl sites for hydroxylation is 1. The number of hydrogen-bond donors (Lipinski definition) is 3. The van der Waals surface area contributed by atoms with Crippen molar-refractivity contribution >= 4 is 17.8 Å². The highest BCUT2D eigenvalue weighted by Gasteiger charge is 2.08. The molecule has 0 radical (unpaired) electrons. The summed E-state index contributed by atoms with van der Waals surface area (Å²) >= 11 is 0. The first kappa shape index (κ1) is 15.7. The Balaban J connectivity index is 2.06. The fraction of sp³-hybridized carbons (Fsp3) is 0.176. The Morgan fingerprint density at radius 1 is 1.23 bits per heavy atom. The predicted molar refractivity (Wildman–Crippen MR) is 86.8 cm³/mol. The average molecular weight is 298 g/mol. The monoisotopic (exact) mass is 298 g/mol. The SMILES string of the molecule is Cc1ccc(C=NNC(=O)c2cccc([NH+](C)C)c2)c(O)c1. The van der Waals surface area contributed by atoms with Gasteiger partial charge in [-0.05, 0) is 36.8 Å². The number of phenols is 1. The maximum Gasteiger partial charge on any atom is 0.271 e. The zero-order chi connectivity index (χ0) is 16.1. The van der Waals surface area contributed by atoms with Crippen LogP contribution >= 0.6 is 0 Å². The van der Waals surface area contributed by atoms with Gasteiger partial charge in [-0.2, -0.15) is 5.10 Å². The number of nitrogens with one attached hydrogen (secondary N) is 2. The highest BCUT2D eigenvalue weighted by molar-refractivity contribution is 5.95. The number of hydrazone groups is 1. The summed E-state index contributed by atoms with van der Waals surface area (Å²) in [5.41, 5.74) is 5.55. The topological polar surface area (TPSA) is 66.1 Å². The Hall–Kier alpha value is -2.66. The van der Waals surface area contributed by atoms with E-state index < -0.39 is 0 Å². The number of quaternary nitrogens is 1. The standard InChI is InChI=1S/C17H19N3O2/c1-12-7-8-14(16(21)9-12)11-18-19-17(22)13-5-4-6-15(10-13)20(2)3/h4-11,21H,1-3H3,(H,19,22)/p+1. The normalized spacial score (nSPS) is 11.1. The van der Waals surface area contributed by atoms with Crippen LogP contribution in [0.5, 0.6) is 5.75 Å². The number of carbonyl (C=O) groups excluding carboxylic acids is 1.